The van der Waals surface area contributed by atoms with Gasteiger partial charge in [0.05, 0.1) is 0 Å². The predicted molar refractivity (Wildman–Crippen MR) is 72.1 cm³/mol. The molecule has 6 nitrogen and oxygen atoms in total. The summed E-state index contributed by atoms with van der Waals surface area (Å²) in [5, 5.41) is 0. The number of aromatic nitrogens is 4. The molecule has 0 aliphatic rings. The van der Waals surface area contributed by atoms with Gasteiger partial charge in [0.25, 0.3) is 5.56 Å². The van der Waals surface area contributed by atoms with Crippen molar-refractivity contribution in [2.45, 2.75) is 0 Å². The minimum absolute atomic E-state index is 0.0568. The number of anilines is 1. The second-order valence-corrected chi connectivity index (χ2v) is 4.66. The van der Waals surface area contributed by atoms with Crippen molar-refractivity contribution in [1.29, 1.82) is 0 Å². The first kappa shape index (κ1) is 11.0. The molecule has 0 bridgehead atoms. The van der Waals surface area contributed by atoms with Gasteiger partial charge in [0.2, 0.25) is 5.95 Å². The Balaban J connectivity index is 2.22. The number of nitrogens with two attached hydrogens (primary N) is 1. The zero-order chi connectivity index (χ0) is 12.7. The molecule has 4 N–H and O–H groups in total. The third-order valence-corrected chi connectivity index (χ3v) is 3.03. The molecule has 0 saturated heterocycles. The fourth-order valence-electron chi connectivity index (χ4n) is 1.67. The Morgan fingerprint density at radius 3 is 2.56 bits per heavy atom. The molecule has 0 radical (unpaired) electrons. The van der Waals surface area contributed by atoms with E-state index in [1.807, 2.05) is 24.3 Å². The van der Waals surface area contributed by atoms with Crippen LogP contribution in [0.1, 0.15) is 0 Å². The molecule has 0 saturated carbocycles. The first-order valence-electron chi connectivity index (χ1n) is 5.15. The second-order valence-electron chi connectivity index (χ2n) is 3.74. The van der Waals surface area contributed by atoms with Crippen molar-refractivity contribution in [1.82, 2.24) is 19.9 Å². The monoisotopic (exact) mass is 305 g/mol. The van der Waals surface area contributed by atoms with E-state index in [2.05, 4.69) is 35.9 Å². The van der Waals surface area contributed by atoms with Crippen LogP contribution < -0.4 is 11.3 Å². The quantitative estimate of drug-likeness (QED) is 0.636. The number of halogens is 1. The van der Waals surface area contributed by atoms with Crippen LogP contribution in [0, 0.1) is 0 Å². The van der Waals surface area contributed by atoms with E-state index in [4.69, 9.17) is 5.73 Å². The minimum Gasteiger partial charge on any atom is -0.369 e. The van der Waals surface area contributed by atoms with E-state index in [1.165, 1.54) is 0 Å². The summed E-state index contributed by atoms with van der Waals surface area (Å²) in [5.41, 5.74) is 6.65. The van der Waals surface area contributed by atoms with Crippen LogP contribution in [-0.4, -0.2) is 19.9 Å². The molecule has 3 aromatic rings. The number of hydrogen-bond donors (Lipinski definition) is 3. The molecule has 3 rings (SSSR count). The maximum atomic E-state index is 11.6. The van der Waals surface area contributed by atoms with Gasteiger partial charge in [0, 0.05) is 10.0 Å². The number of aromatic amines is 2. The van der Waals surface area contributed by atoms with Crippen molar-refractivity contribution in [3.05, 3.63) is 39.1 Å². The zero-order valence-electron chi connectivity index (χ0n) is 9.07. The second kappa shape index (κ2) is 3.95. The highest BCUT2D eigenvalue weighted by Crippen LogP contribution is 2.20. The SMILES string of the molecule is Nc1nc2nc(-c3ccc(Br)cc3)[nH]c2c(=O)[nH]1. The Morgan fingerprint density at radius 2 is 1.83 bits per heavy atom. The highest BCUT2D eigenvalue weighted by Gasteiger charge is 2.09. The van der Waals surface area contributed by atoms with Gasteiger partial charge in [-0.25, -0.2) is 4.98 Å². The molecule has 0 aliphatic carbocycles. The maximum absolute atomic E-state index is 11.6. The molecule has 0 amide bonds. The first-order chi connectivity index (χ1) is 8.63. The summed E-state index contributed by atoms with van der Waals surface area (Å²) in [6.45, 7) is 0. The van der Waals surface area contributed by atoms with E-state index in [0.29, 0.717) is 17.0 Å². The summed E-state index contributed by atoms with van der Waals surface area (Å²) in [4.78, 5) is 25.2. The average Bonchev–Trinajstić information content (AvgIpc) is 2.74. The van der Waals surface area contributed by atoms with Crippen molar-refractivity contribution < 1.29 is 0 Å². The lowest BCUT2D eigenvalue weighted by molar-refractivity contribution is 1.17. The van der Waals surface area contributed by atoms with Gasteiger partial charge in [-0.15, -0.1) is 0 Å². The van der Waals surface area contributed by atoms with Crippen molar-refractivity contribution in [3.63, 3.8) is 0 Å². The molecule has 90 valence electrons. The number of benzene rings is 1. The molecule has 0 aliphatic heterocycles. The number of nitrogens with one attached hydrogen (secondary N) is 2. The fraction of sp³-hybridized carbons (Fsp3) is 0. The topological polar surface area (TPSA) is 100 Å². The number of nitrogens with zero attached hydrogens (tertiary/aromatic N) is 2. The summed E-state index contributed by atoms with van der Waals surface area (Å²) >= 11 is 3.36. The molecular weight excluding hydrogens is 298 g/mol. The third-order valence-electron chi connectivity index (χ3n) is 2.50. The summed E-state index contributed by atoms with van der Waals surface area (Å²) in [5.74, 6) is 0.641. The van der Waals surface area contributed by atoms with Crippen molar-refractivity contribution in [3.8, 4) is 11.4 Å². The predicted octanol–water partition coefficient (Wildman–Crippen LogP) is 1.66. The van der Waals surface area contributed by atoms with Crippen LogP contribution in [0.3, 0.4) is 0 Å². The van der Waals surface area contributed by atoms with Gasteiger partial charge in [-0.2, -0.15) is 4.98 Å². The number of nitrogen functional groups attached to an aromatic ring is 1. The lowest BCUT2D eigenvalue weighted by Gasteiger charge is -1.95. The molecule has 0 spiro atoms. The van der Waals surface area contributed by atoms with Gasteiger partial charge < -0.3 is 10.7 Å². The molecule has 18 heavy (non-hydrogen) atoms. The molecule has 0 unspecified atom stereocenters. The van der Waals surface area contributed by atoms with E-state index in [1.54, 1.807) is 0 Å². The number of fused-ring (bicyclic) bond motifs is 1. The molecule has 0 fully saturated rings. The molecule has 1 aromatic carbocycles. The van der Waals surface area contributed by atoms with E-state index < -0.39 is 0 Å². The number of hydrogen-bond acceptors (Lipinski definition) is 4. The standard InChI is InChI=1S/C11H8BrN5O/c12-6-3-1-5(2-4-6)8-14-7-9(15-8)16-11(13)17-10(7)18/h1-4H,(H4,13,14,15,16,17,18). The Hall–Kier alpha value is -2.15. The molecular formula is C11H8BrN5O. The van der Waals surface area contributed by atoms with Crippen molar-refractivity contribution in [2.75, 3.05) is 5.73 Å². The summed E-state index contributed by atoms with van der Waals surface area (Å²) in [7, 11) is 0. The van der Waals surface area contributed by atoms with Gasteiger partial charge in [-0.3, -0.25) is 9.78 Å². The van der Waals surface area contributed by atoms with Crippen LogP contribution in [-0.2, 0) is 0 Å². The van der Waals surface area contributed by atoms with E-state index >= 15 is 0 Å². The molecule has 0 atom stereocenters. The number of imidazole rings is 1. The highest BCUT2D eigenvalue weighted by molar-refractivity contribution is 9.10. The van der Waals surface area contributed by atoms with Gasteiger partial charge in [-0.1, -0.05) is 28.1 Å². The van der Waals surface area contributed by atoms with Crippen LogP contribution in [0.5, 0.6) is 0 Å². The van der Waals surface area contributed by atoms with Crippen LogP contribution in [0.15, 0.2) is 33.5 Å². The Kier molecular flexibility index (Phi) is 2.41. The number of rotatable bonds is 1. The maximum Gasteiger partial charge on any atom is 0.278 e. The van der Waals surface area contributed by atoms with Crippen LogP contribution in [0.4, 0.5) is 5.95 Å². The molecule has 7 heteroatoms. The third kappa shape index (κ3) is 1.78. The lowest BCUT2D eigenvalue weighted by Crippen LogP contribution is -2.10. The zero-order valence-corrected chi connectivity index (χ0v) is 10.7. The Labute approximate surface area is 109 Å². The van der Waals surface area contributed by atoms with Gasteiger partial charge in [-0.05, 0) is 12.1 Å². The largest absolute Gasteiger partial charge is 0.369 e. The summed E-state index contributed by atoms with van der Waals surface area (Å²) < 4.78 is 0.975. The van der Waals surface area contributed by atoms with Crippen molar-refractivity contribution in [2.24, 2.45) is 0 Å². The first-order valence-corrected chi connectivity index (χ1v) is 5.94. The Bertz CT molecular complexity index is 774. The van der Waals surface area contributed by atoms with E-state index in [9.17, 15) is 4.79 Å². The number of H-pyrrole nitrogens is 2. The van der Waals surface area contributed by atoms with Crippen LogP contribution in [0.2, 0.25) is 0 Å². The summed E-state index contributed by atoms with van der Waals surface area (Å²) in [6.07, 6.45) is 0. The molecule has 2 aromatic heterocycles. The van der Waals surface area contributed by atoms with Gasteiger partial charge in [0.1, 0.15) is 5.82 Å². The fourth-order valence-corrected chi connectivity index (χ4v) is 1.93. The van der Waals surface area contributed by atoms with Gasteiger partial charge in [0.15, 0.2) is 11.2 Å². The van der Waals surface area contributed by atoms with Crippen molar-refractivity contribution >= 4 is 33.0 Å². The molecule has 2 heterocycles. The Morgan fingerprint density at radius 1 is 1.11 bits per heavy atom. The highest BCUT2D eigenvalue weighted by atomic mass is 79.9. The minimum atomic E-state index is -0.326. The smallest absolute Gasteiger partial charge is 0.278 e. The van der Waals surface area contributed by atoms with Crippen LogP contribution >= 0.6 is 15.9 Å². The lowest BCUT2D eigenvalue weighted by atomic mass is 10.2. The normalized spacial score (nSPS) is 10.9. The van der Waals surface area contributed by atoms with E-state index in [-0.39, 0.29) is 11.5 Å². The van der Waals surface area contributed by atoms with E-state index in [0.717, 1.165) is 10.0 Å². The average molecular weight is 306 g/mol. The summed E-state index contributed by atoms with van der Waals surface area (Å²) in [6, 6.07) is 7.57. The van der Waals surface area contributed by atoms with Gasteiger partial charge >= 0.3 is 0 Å². The van der Waals surface area contributed by atoms with Crippen LogP contribution in [0.25, 0.3) is 22.6 Å².